The van der Waals surface area contributed by atoms with Crippen LogP contribution in [0.1, 0.15) is 36.3 Å². The molecule has 5 rings (SSSR count). The van der Waals surface area contributed by atoms with Crippen molar-refractivity contribution in [2.24, 2.45) is 11.8 Å². The summed E-state index contributed by atoms with van der Waals surface area (Å²) < 4.78 is 0. The zero-order valence-electron chi connectivity index (χ0n) is 14.8. The van der Waals surface area contributed by atoms with Gasteiger partial charge in [-0.1, -0.05) is 79.2 Å². The molecule has 0 aromatic heterocycles. The molecule has 0 spiro atoms. The largest absolute Gasteiger partial charge is 0.299 e. The Morgan fingerprint density at radius 3 is 2.38 bits per heavy atom. The van der Waals surface area contributed by atoms with E-state index in [0.717, 1.165) is 19.3 Å². The van der Waals surface area contributed by atoms with Crippen molar-refractivity contribution in [3.05, 3.63) is 90.0 Å². The fourth-order valence-electron chi connectivity index (χ4n) is 4.85. The third kappa shape index (κ3) is 2.50. The van der Waals surface area contributed by atoms with Crippen molar-refractivity contribution in [1.29, 1.82) is 0 Å². The molecule has 128 valence electrons. The van der Waals surface area contributed by atoms with Gasteiger partial charge < -0.3 is 0 Å². The first-order chi connectivity index (χ1) is 12.8. The predicted octanol–water partition coefficient (Wildman–Crippen LogP) is 6.01. The molecular weight excluding hydrogens is 316 g/mol. The summed E-state index contributed by atoms with van der Waals surface area (Å²) >= 11 is 0. The second-order valence-corrected chi connectivity index (χ2v) is 7.61. The van der Waals surface area contributed by atoms with Gasteiger partial charge in [0.1, 0.15) is 5.78 Å². The number of carbonyl (C=O) groups excluding carboxylic acids is 1. The van der Waals surface area contributed by atoms with Crippen molar-refractivity contribution < 1.29 is 4.79 Å². The summed E-state index contributed by atoms with van der Waals surface area (Å²) in [5.74, 6) is 0.896. The van der Waals surface area contributed by atoms with E-state index < -0.39 is 0 Å². The van der Waals surface area contributed by atoms with Crippen LogP contribution in [0.2, 0.25) is 0 Å². The third-order valence-corrected chi connectivity index (χ3v) is 6.15. The van der Waals surface area contributed by atoms with Gasteiger partial charge in [-0.3, -0.25) is 4.79 Å². The topological polar surface area (TPSA) is 17.1 Å². The quantitative estimate of drug-likeness (QED) is 0.559. The number of Topliss-reactive ketones (excluding diaryl/α,β-unsaturated/α-hetero) is 1. The minimum absolute atomic E-state index is 0.0786. The van der Waals surface area contributed by atoms with Crippen LogP contribution >= 0.6 is 0 Å². The van der Waals surface area contributed by atoms with E-state index in [4.69, 9.17) is 0 Å². The second-order valence-electron chi connectivity index (χ2n) is 7.61. The highest BCUT2D eigenvalue weighted by Crippen LogP contribution is 2.47. The maximum atomic E-state index is 13.2. The van der Waals surface area contributed by atoms with E-state index >= 15 is 0 Å². The molecule has 0 radical (unpaired) electrons. The van der Waals surface area contributed by atoms with E-state index in [0.29, 0.717) is 5.78 Å². The summed E-state index contributed by atoms with van der Waals surface area (Å²) in [5.41, 5.74) is 3.72. The molecule has 1 heteroatoms. The maximum absolute atomic E-state index is 13.2. The SMILES string of the molecule is O=C1C2CCCC1C(c1ccccc1)C=C2c1ccc2ccccc2c1. The second kappa shape index (κ2) is 6.25. The Bertz CT molecular complexity index is 999. The van der Waals surface area contributed by atoms with Gasteiger partial charge in [0, 0.05) is 17.8 Å². The van der Waals surface area contributed by atoms with Gasteiger partial charge in [-0.25, -0.2) is 0 Å². The number of allylic oxidation sites excluding steroid dienone is 2. The van der Waals surface area contributed by atoms with E-state index in [9.17, 15) is 4.79 Å². The first kappa shape index (κ1) is 15.6. The zero-order valence-corrected chi connectivity index (χ0v) is 14.8. The minimum atomic E-state index is 0.0786. The molecule has 2 aliphatic carbocycles. The number of hydrogen-bond acceptors (Lipinski definition) is 1. The molecule has 1 nitrogen and oxygen atoms in total. The molecule has 0 saturated heterocycles. The fourth-order valence-corrected chi connectivity index (χ4v) is 4.85. The Labute approximate surface area is 154 Å². The molecule has 0 N–H and O–H groups in total. The monoisotopic (exact) mass is 338 g/mol. The summed E-state index contributed by atoms with van der Waals surface area (Å²) in [4.78, 5) is 13.2. The van der Waals surface area contributed by atoms with Crippen molar-refractivity contribution in [2.45, 2.75) is 25.2 Å². The Hall–Kier alpha value is -2.67. The molecular formula is C25H22O. The van der Waals surface area contributed by atoms with Crippen LogP contribution in [0.5, 0.6) is 0 Å². The average molecular weight is 338 g/mol. The summed E-state index contributed by atoms with van der Waals surface area (Å²) in [6.45, 7) is 0. The lowest BCUT2D eigenvalue weighted by Crippen LogP contribution is -2.36. The van der Waals surface area contributed by atoms with E-state index in [1.165, 1.54) is 27.5 Å². The smallest absolute Gasteiger partial charge is 0.144 e. The lowest BCUT2D eigenvalue weighted by molar-refractivity contribution is -0.128. The van der Waals surface area contributed by atoms with Gasteiger partial charge in [-0.15, -0.1) is 0 Å². The van der Waals surface area contributed by atoms with Gasteiger partial charge in [0.2, 0.25) is 0 Å². The molecule has 3 aromatic carbocycles. The Morgan fingerprint density at radius 2 is 1.54 bits per heavy atom. The molecule has 3 unspecified atom stereocenters. The van der Waals surface area contributed by atoms with Crippen LogP contribution < -0.4 is 0 Å². The molecule has 0 aliphatic heterocycles. The lowest BCUT2D eigenvalue weighted by Gasteiger charge is -2.39. The third-order valence-electron chi connectivity index (χ3n) is 6.15. The Balaban J connectivity index is 1.66. The first-order valence-corrected chi connectivity index (χ1v) is 9.61. The van der Waals surface area contributed by atoms with Crippen molar-refractivity contribution in [3.63, 3.8) is 0 Å². The van der Waals surface area contributed by atoms with Crippen LogP contribution in [-0.2, 0) is 4.79 Å². The number of ketones is 1. The highest BCUT2D eigenvalue weighted by Gasteiger charge is 2.42. The Kier molecular flexibility index (Phi) is 3.74. The van der Waals surface area contributed by atoms with Crippen molar-refractivity contribution in [1.82, 2.24) is 0 Å². The normalized spacial score (nSPS) is 25.2. The van der Waals surface area contributed by atoms with Crippen LogP contribution in [-0.4, -0.2) is 5.78 Å². The molecule has 0 amide bonds. The number of benzene rings is 3. The number of carbonyl (C=O) groups is 1. The highest BCUT2D eigenvalue weighted by molar-refractivity contribution is 6.00. The van der Waals surface area contributed by atoms with Gasteiger partial charge in [-0.05, 0) is 46.4 Å². The summed E-state index contributed by atoms with van der Waals surface area (Å²) in [6.07, 6.45) is 5.57. The molecule has 3 atom stereocenters. The van der Waals surface area contributed by atoms with E-state index in [1.54, 1.807) is 0 Å². The van der Waals surface area contributed by atoms with E-state index in [-0.39, 0.29) is 17.8 Å². The first-order valence-electron chi connectivity index (χ1n) is 9.61. The number of rotatable bonds is 2. The van der Waals surface area contributed by atoms with Gasteiger partial charge in [-0.2, -0.15) is 0 Å². The highest BCUT2D eigenvalue weighted by atomic mass is 16.1. The molecule has 2 aliphatic rings. The van der Waals surface area contributed by atoms with Crippen molar-refractivity contribution in [2.75, 3.05) is 0 Å². The van der Waals surface area contributed by atoms with E-state index in [1.807, 2.05) is 6.07 Å². The van der Waals surface area contributed by atoms with Gasteiger partial charge in [0.15, 0.2) is 0 Å². The van der Waals surface area contributed by atoms with Crippen LogP contribution in [0.3, 0.4) is 0 Å². The van der Waals surface area contributed by atoms with E-state index in [2.05, 4.69) is 72.8 Å². The number of hydrogen-bond donors (Lipinski definition) is 0. The van der Waals surface area contributed by atoms with Crippen LogP contribution in [0, 0.1) is 11.8 Å². The van der Waals surface area contributed by atoms with Gasteiger partial charge in [0.25, 0.3) is 0 Å². The summed E-state index contributed by atoms with van der Waals surface area (Å²) in [5, 5.41) is 2.49. The zero-order chi connectivity index (χ0) is 17.5. The van der Waals surface area contributed by atoms with Gasteiger partial charge in [0.05, 0.1) is 0 Å². The lowest BCUT2D eigenvalue weighted by atomic mass is 9.64. The standard InChI is InChI=1S/C25H22O/c26-25-21-11-6-12-22(25)24(16-23(21)18-8-2-1-3-9-18)20-14-13-17-7-4-5-10-19(17)15-20/h1-5,7-10,13-16,21-23H,6,11-12H2. The van der Waals surface area contributed by atoms with Crippen LogP contribution in [0.25, 0.3) is 16.3 Å². The minimum Gasteiger partial charge on any atom is -0.299 e. The molecule has 3 aromatic rings. The summed E-state index contributed by atoms with van der Waals surface area (Å²) in [7, 11) is 0. The van der Waals surface area contributed by atoms with Crippen LogP contribution in [0.4, 0.5) is 0 Å². The molecule has 0 heterocycles. The Morgan fingerprint density at radius 1 is 0.769 bits per heavy atom. The van der Waals surface area contributed by atoms with Crippen molar-refractivity contribution in [3.8, 4) is 0 Å². The predicted molar refractivity (Wildman–Crippen MR) is 107 cm³/mol. The molecule has 1 fully saturated rings. The van der Waals surface area contributed by atoms with Gasteiger partial charge >= 0.3 is 0 Å². The van der Waals surface area contributed by atoms with Crippen LogP contribution in [0.15, 0.2) is 78.9 Å². The molecule has 26 heavy (non-hydrogen) atoms. The van der Waals surface area contributed by atoms with Crippen molar-refractivity contribution >= 4 is 22.1 Å². The summed E-state index contributed by atoms with van der Waals surface area (Å²) in [6, 6.07) is 25.6. The average Bonchev–Trinajstić information content (AvgIpc) is 2.68. The maximum Gasteiger partial charge on any atom is 0.144 e. The molecule has 2 bridgehead atoms. The number of fused-ring (bicyclic) bond motifs is 3. The molecule has 1 saturated carbocycles. The fraction of sp³-hybridized carbons (Fsp3) is 0.240.